The molecule has 0 spiro atoms. The standard InChI is InChI=1S/C9H14N2/c1-11-7-9-4-2-3-8(5-9)6-10/h2-5H,1,6-7,10-11H2. The molecule has 0 fully saturated rings. The highest BCUT2D eigenvalue weighted by Crippen LogP contribution is 2.02. The fourth-order valence-electron chi connectivity index (χ4n) is 1.05. The quantitative estimate of drug-likeness (QED) is 0.585. The highest BCUT2D eigenvalue weighted by atomic mass is 14.8. The van der Waals surface area contributed by atoms with Crippen molar-refractivity contribution in [1.29, 1.82) is 0 Å². The van der Waals surface area contributed by atoms with Gasteiger partial charge in [0.05, 0.1) is 6.54 Å². The van der Waals surface area contributed by atoms with Crippen LogP contribution >= 0.6 is 0 Å². The van der Waals surface area contributed by atoms with E-state index in [2.05, 4.69) is 19.2 Å². The summed E-state index contributed by atoms with van der Waals surface area (Å²) < 4.78 is 0. The van der Waals surface area contributed by atoms with Gasteiger partial charge in [0.15, 0.2) is 0 Å². The number of hydrogen-bond acceptors (Lipinski definition) is 1. The molecule has 2 nitrogen and oxygen atoms in total. The van der Waals surface area contributed by atoms with Gasteiger partial charge in [-0.1, -0.05) is 18.2 Å². The molecule has 0 aliphatic heterocycles. The Hall–Kier alpha value is -0.860. The van der Waals surface area contributed by atoms with Crippen LogP contribution in [0.1, 0.15) is 11.1 Å². The number of quaternary nitrogens is 1. The molecule has 0 amide bonds. The van der Waals surface area contributed by atoms with E-state index in [4.69, 9.17) is 5.73 Å². The van der Waals surface area contributed by atoms with Gasteiger partial charge in [-0.05, 0) is 11.6 Å². The largest absolute Gasteiger partial charge is 0.475 e. The molecule has 1 aromatic rings. The van der Waals surface area contributed by atoms with Gasteiger partial charge in [0.2, 0.25) is 0 Å². The van der Waals surface area contributed by atoms with Gasteiger partial charge in [-0.3, -0.25) is 0 Å². The van der Waals surface area contributed by atoms with Crippen molar-refractivity contribution < 1.29 is 5.32 Å². The lowest BCUT2D eigenvalue weighted by molar-refractivity contribution is -0.612. The molecule has 0 saturated heterocycles. The molecule has 0 radical (unpaired) electrons. The number of nitrogens with two attached hydrogens (primary N) is 2. The number of benzene rings is 1. The van der Waals surface area contributed by atoms with Crippen LogP contribution in [0.15, 0.2) is 24.3 Å². The van der Waals surface area contributed by atoms with Gasteiger partial charge in [0.25, 0.3) is 0 Å². The zero-order valence-electron chi connectivity index (χ0n) is 6.59. The molecule has 0 heterocycles. The average Bonchev–Trinajstić information content (AvgIpc) is 2.06. The molecular formula is C9H14N2. The van der Waals surface area contributed by atoms with E-state index in [0.29, 0.717) is 6.54 Å². The van der Waals surface area contributed by atoms with Crippen LogP contribution in [-0.2, 0) is 13.1 Å². The minimum absolute atomic E-state index is 0.616. The summed E-state index contributed by atoms with van der Waals surface area (Å²) in [6.45, 7) is 1.54. The number of hydrogen-bond donors (Lipinski definition) is 2. The van der Waals surface area contributed by atoms with Crippen molar-refractivity contribution in [3.8, 4) is 0 Å². The van der Waals surface area contributed by atoms with E-state index in [1.165, 1.54) is 11.1 Å². The third-order valence-corrected chi connectivity index (χ3v) is 1.61. The van der Waals surface area contributed by atoms with Crippen LogP contribution in [0.5, 0.6) is 0 Å². The highest BCUT2D eigenvalue weighted by Gasteiger charge is 1.92. The lowest BCUT2D eigenvalue weighted by Gasteiger charge is -2.02. The summed E-state index contributed by atoms with van der Waals surface area (Å²) in [6, 6.07) is 8.26. The first-order chi connectivity index (χ1) is 5.36. The molecule has 0 atom stereocenters. The van der Waals surface area contributed by atoms with E-state index in [-0.39, 0.29) is 0 Å². The van der Waals surface area contributed by atoms with Crippen LogP contribution in [0.2, 0.25) is 0 Å². The maximum atomic E-state index is 5.49. The van der Waals surface area contributed by atoms with Gasteiger partial charge < -0.3 is 11.1 Å². The first kappa shape index (κ1) is 8.24. The average molecular weight is 150 g/mol. The Bertz CT molecular complexity index is 221. The first-order valence-electron chi connectivity index (χ1n) is 3.75. The van der Waals surface area contributed by atoms with Crippen molar-refractivity contribution in [2.45, 2.75) is 13.1 Å². The van der Waals surface area contributed by atoms with Crippen molar-refractivity contribution in [2.24, 2.45) is 5.73 Å². The fourth-order valence-corrected chi connectivity index (χ4v) is 1.05. The van der Waals surface area contributed by atoms with Gasteiger partial charge in [-0.25, -0.2) is 0 Å². The zero-order valence-corrected chi connectivity index (χ0v) is 6.59. The lowest BCUT2D eigenvalue weighted by Crippen LogP contribution is -2.74. The van der Waals surface area contributed by atoms with Crippen LogP contribution < -0.4 is 11.1 Å². The van der Waals surface area contributed by atoms with E-state index >= 15 is 0 Å². The Morgan fingerprint density at radius 1 is 1.36 bits per heavy atom. The predicted octanol–water partition coefficient (Wildman–Crippen LogP) is 0.000290. The minimum atomic E-state index is 0.616. The van der Waals surface area contributed by atoms with E-state index in [1.54, 1.807) is 0 Å². The third-order valence-electron chi connectivity index (χ3n) is 1.61. The Morgan fingerprint density at radius 3 is 2.73 bits per heavy atom. The highest BCUT2D eigenvalue weighted by molar-refractivity contribution is 5.22. The molecule has 4 N–H and O–H groups in total. The van der Waals surface area contributed by atoms with Crippen LogP contribution in [-0.4, -0.2) is 0 Å². The summed E-state index contributed by atoms with van der Waals surface area (Å²) >= 11 is 0. The molecule has 60 valence electrons. The van der Waals surface area contributed by atoms with Crippen LogP contribution in [0.4, 0.5) is 0 Å². The van der Waals surface area contributed by atoms with Crippen LogP contribution in [0.25, 0.3) is 0 Å². The zero-order chi connectivity index (χ0) is 8.10. The summed E-state index contributed by atoms with van der Waals surface area (Å²) in [5.41, 5.74) is 7.95. The topological polar surface area (TPSA) is 42.6 Å². The molecule has 1 aromatic carbocycles. The van der Waals surface area contributed by atoms with Crippen LogP contribution in [0, 0.1) is 7.05 Å². The Labute approximate surface area is 67.4 Å². The monoisotopic (exact) mass is 150 g/mol. The molecule has 0 aliphatic carbocycles. The molecular weight excluding hydrogens is 136 g/mol. The molecule has 1 rings (SSSR count). The molecule has 0 aliphatic rings. The number of rotatable bonds is 3. The predicted molar refractivity (Wildman–Crippen MR) is 45.3 cm³/mol. The van der Waals surface area contributed by atoms with E-state index in [1.807, 2.05) is 17.4 Å². The summed E-state index contributed by atoms with van der Waals surface area (Å²) in [4.78, 5) is 0. The Kier molecular flexibility index (Phi) is 3.08. The second-order valence-electron chi connectivity index (χ2n) is 2.52. The Balaban J connectivity index is 2.74. The van der Waals surface area contributed by atoms with E-state index < -0.39 is 0 Å². The van der Waals surface area contributed by atoms with Crippen molar-refractivity contribution >= 4 is 0 Å². The second-order valence-corrected chi connectivity index (χ2v) is 2.52. The van der Waals surface area contributed by atoms with Gasteiger partial charge in [-0.2, -0.15) is 7.05 Å². The van der Waals surface area contributed by atoms with Gasteiger partial charge >= 0.3 is 0 Å². The van der Waals surface area contributed by atoms with Crippen molar-refractivity contribution in [2.75, 3.05) is 0 Å². The molecule has 0 unspecified atom stereocenters. The Morgan fingerprint density at radius 2 is 2.09 bits per heavy atom. The van der Waals surface area contributed by atoms with Crippen molar-refractivity contribution in [1.82, 2.24) is 0 Å². The molecule has 0 saturated carbocycles. The van der Waals surface area contributed by atoms with Crippen LogP contribution in [0.3, 0.4) is 0 Å². The van der Waals surface area contributed by atoms with Crippen molar-refractivity contribution in [3.63, 3.8) is 0 Å². The molecule has 0 aromatic heterocycles. The van der Waals surface area contributed by atoms with E-state index in [0.717, 1.165) is 6.54 Å². The molecule has 0 bridgehead atoms. The maximum Gasteiger partial charge on any atom is 0.0773 e. The summed E-state index contributed by atoms with van der Waals surface area (Å²) in [5, 5.41) is 1.90. The fraction of sp³-hybridized carbons (Fsp3) is 0.222. The lowest BCUT2D eigenvalue weighted by atomic mass is 10.1. The summed E-state index contributed by atoms with van der Waals surface area (Å²) in [5.74, 6) is 0. The van der Waals surface area contributed by atoms with Gasteiger partial charge in [0, 0.05) is 12.1 Å². The van der Waals surface area contributed by atoms with Crippen molar-refractivity contribution in [3.05, 3.63) is 42.4 Å². The first-order valence-corrected chi connectivity index (χ1v) is 3.75. The SMILES string of the molecule is [CH2-][NH2+]Cc1cccc(CN)c1. The smallest absolute Gasteiger partial charge is 0.0773 e. The third kappa shape index (κ3) is 2.33. The summed E-state index contributed by atoms with van der Waals surface area (Å²) in [6.07, 6.45) is 0. The summed E-state index contributed by atoms with van der Waals surface area (Å²) in [7, 11) is 3.68. The second kappa shape index (κ2) is 4.11. The van der Waals surface area contributed by atoms with Gasteiger partial charge in [0.1, 0.15) is 0 Å². The normalized spacial score (nSPS) is 10.0. The minimum Gasteiger partial charge on any atom is -0.475 e. The molecule has 2 heteroatoms. The maximum absolute atomic E-state index is 5.49. The molecule has 11 heavy (non-hydrogen) atoms. The van der Waals surface area contributed by atoms with E-state index in [9.17, 15) is 0 Å². The van der Waals surface area contributed by atoms with Gasteiger partial charge in [-0.15, -0.1) is 0 Å².